The fourth-order valence-corrected chi connectivity index (χ4v) is 1.84. The van der Waals surface area contributed by atoms with Crippen LogP contribution in [0.15, 0.2) is 12.3 Å². The van der Waals surface area contributed by atoms with Crippen LogP contribution in [0.25, 0.3) is 0 Å². The van der Waals surface area contributed by atoms with Gasteiger partial charge in [0.15, 0.2) is 0 Å². The highest BCUT2D eigenvalue weighted by atomic mass is 16.5. The van der Waals surface area contributed by atoms with Gasteiger partial charge in [0, 0.05) is 39.0 Å². The Morgan fingerprint density at radius 3 is 3.18 bits per heavy atom. The first-order valence-corrected chi connectivity index (χ1v) is 6.23. The zero-order valence-electron chi connectivity index (χ0n) is 10.3. The van der Waals surface area contributed by atoms with Crippen molar-refractivity contribution in [3.8, 4) is 0 Å². The van der Waals surface area contributed by atoms with Crippen LogP contribution in [-0.2, 0) is 11.3 Å². The summed E-state index contributed by atoms with van der Waals surface area (Å²) in [4.78, 5) is 0. The number of aliphatic hydroxyl groups excluding tert-OH is 1. The molecule has 0 saturated heterocycles. The molecule has 1 saturated carbocycles. The molecule has 1 heterocycles. The maximum Gasteiger partial charge on any atom is 0.108 e. The first-order valence-electron chi connectivity index (χ1n) is 6.23. The molecule has 17 heavy (non-hydrogen) atoms. The highest BCUT2D eigenvalue weighted by Crippen LogP contribution is 2.20. The molecule has 1 aromatic rings. The number of aryl methyl sites for hydroxylation is 1. The maximum atomic E-state index is 10.1. The van der Waals surface area contributed by atoms with Crippen molar-refractivity contribution in [2.75, 3.05) is 20.3 Å². The minimum absolute atomic E-state index is 0.472. The molecule has 0 bridgehead atoms. The van der Waals surface area contributed by atoms with Crippen LogP contribution >= 0.6 is 0 Å². The minimum Gasteiger partial charge on any atom is -0.385 e. The van der Waals surface area contributed by atoms with Gasteiger partial charge >= 0.3 is 0 Å². The van der Waals surface area contributed by atoms with E-state index in [1.807, 2.05) is 10.7 Å². The minimum atomic E-state index is -0.472. The second-order valence-corrected chi connectivity index (χ2v) is 4.52. The van der Waals surface area contributed by atoms with Crippen LogP contribution in [0.1, 0.15) is 31.1 Å². The van der Waals surface area contributed by atoms with Crippen molar-refractivity contribution in [1.29, 1.82) is 0 Å². The molecule has 96 valence electrons. The summed E-state index contributed by atoms with van der Waals surface area (Å²) in [6.45, 7) is 2.12. The number of hydrogen-bond donors (Lipinski definition) is 2. The largest absolute Gasteiger partial charge is 0.385 e. The molecule has 1 atom stereocenters. The highest BCUT2D eigenvalue weighted by molar-refractivity contribution is 5.05. The lowest BCUT2D eigenvalue weighted by Gasteiger charge is -2.14. The summed E-state index contributed by atoms with van der Waals surface area (Å²) in [7, 11) is 1.69. The van der Waals surface area contributed by atoms with Gasteiger partial charge in [0.2, 0.25) is 0 Å². The fraction of sp³-hybridized carbons (Fsp3) is 0.750. The Morgan fingerprint density at radius 2 is 2.47 bits per heavy atom. The van der Waals surface area contributed by atoms with E-state index < -0.39 is 6.10 Å². The van der Waals surface area contributed by atoms with Crippen LogP contribution in [0.5, 0.6) is 0 Å². The number of aromatic nitrogens is 2. The summed E-state index contributed by atoms with van der Waals surface area (Å²) in [5.41, 5.74) is 0.884. The predicted molar refractivity (Wildman–Crippen MR) is 64.7 cm³/mol. The van der Waals surface area contributed by atoms with Crippen molar-refractivity contribution in [2.24, 2.45) is 0 Å². The van der Waals surface area contributed by atoms with Gasteiger partial charge in [-0.25, -0.2) is 0 Å². The third kappa shape index (κ3) is 3.80. The molecule has 0 radical (unpaired) electrons. The Hall–Kier alpha value is -0.910. The number of hydrogen-bond acceptors (Lipinski definition) is 4. The monoisotopic (exact) mass is 239 g/mol. The molecule has 1 aliphatic carbocycles. The van der Waals surface area contributed by atoms with Crippen LogP contribution in [-0.4, -0.2) is 41.2 Å². The van der Waals surface area contributed by atoms with Crippen LogP contribution in [0.2, 0.25) is 0 Å². The summed E-state index contributed by atoms with van der Waals surface area (Å²) in [6, 6.07) is 2.50. The van der Waals surface area contributed by atoms with Crippen molar-refractivity contribution < 1.29 is 9.84 Å². The number of aliphatic hydroxyl groups is 1. The summed E-state index contributed by atoms with van der Waals surface area (Å²) < 4.78 is 6.87. The van der Waals surface area contributed by atoms with Crippen LogP contribution in [0.3, 0.4) is 0 Å². The predicted octanol–water partition coefficient (Wildman–Crippen LogP) is 0.705. The van der Waals surface area contributed by atoms with E-state index in [4.69, 9.17) is 4.74 Å². The smallest absolute Gasteiger partial charge is 0.108 e. The zero-order chi connectivity index (χ0) is 12.1. The quantitative estimate of drug-likeness (QED) is 0.656. The average molecular weight is 239 g/mol. The van der Waals surface area contributed by atoms with Gasteiger partial charge in [0.1, 0.15) is 6.10 Å². The van der Waals surface area contributed by atoms with Gasteiger partial charge in [-0.15, -0.1) is 0 Å². The molecule has 1 aliphatic rings. The number of nitrogens with zero attached hydrogens (tertiary/aromatic N) is 2. The Balaban J connectivity index is 1.82. The van der Waals surface area contributed by atoms with Crippen LogP contribution in [0, 0.1) is 0 Å². The fourth-order valence-electron chi connectivity index (χ4n) is 1.84. The normalized spacial score (nSPS) is 17.3. The Labute approximate surface area is 102 Å². The summed E-state index contributed by atoms with van der Waals surface area (Å²) in [6.07, 6.45) is 4.65. The first kappa shape index (κ1) is 12.5. The number of methoxy groups -OCH3 is 1. The SMILES string of the molecule is COCCCn1nccc1C(O)CNC1CC1. The molecule has 1 fully saturated rings. The van der Waals surface area contributed by atoms with Crippen molar-refractivity contribution in [2.45, 2.75) is 38.0 Å². The molecule has 0 aliphatic heterocycles. The van der Waals surface area contributed by atoms with Crippen molar-refractivity contribution >= 4 is 0 Å². The molecule has 2 rings (SSSR count). The maximum absolute atomic E-state index is 10.1. The molecule has 0 spiro atoms. The van der Waals surface area contributed by atoms with Gasteiger partial charge in [0.05, 0.1) is 5.69 Å². The van der Waals surface area contributed by atoms with E-state index >= 15 is 0 Å². The lowest BCUT2D eigenvalue weighted by Crippen LogP contribution is -2.25. The van der Waals surface area contributed by atoms with E-state index in [1.165, 1.54) is 12.8 Å². The van der Waals surface area contributed by atoms with E-state index in [1.54, 1.807) is 13.3 Å². The molecule has 2 N–H and O–H groups in total. The van der Waals surface area contributed by atoms with Gasteiger partial charge < -0.3 is 15.2 Å². The molecule has 0 aromatic carbocycles. The third-order valence-corrected chi connectivity index (χ3v) is 2.99. The summed E-state index contributed by atoms with van der Waals surface area (Å²) >= 11 is 0. The van der Waals surface area contributed by atoms with Crippen molar-refractivity contribution in [1.82, 2.24) is 15.1 Å². The number of rotatable bonds is 8. The van der Waals surface area contributed by atoms with E-state index in [0.717, 1.165) is 25.3 Å². The second kappa shape index (κ2) is 6.14. The summed E-state index contributed by atoms with van der Waals surface area (Å²) in [5.74, 6) is 0. The molecule has 5 heteroatoms. The first-order chi connectivity index (χ1) is 8.31. The third-order valence-electron chi connectivity index (χ3n) is 2.99. The molecular weight excluding hydrogens is 218 g/mol. The Bertz CT molecular complexity index is 336. The summed E-state index contributed by atoms with van der Waals surface area (Å²) in [5, 5.41) is 17.6. The van der Waals surface area contributed by atoms with E-state index in [2.05, 4.69) is 10.4 Å². The Kier molecular flexibility index (Phi) is 4.53. The van der Waals surface area contributed by atoms with Gasteiger partial charge in [0.25, 0.3) is 0 Å². The van der Waals surface area contributed by atoms with Gasteiger partial charge in [-0.05, 0) is 25.3 Å². The van der Waals surface area contributed by atoms with Crippen LogP contribution < -0.4 is 5.32 Å². The molecular formula is C12H21N3O2. The molecule has 1 aromatic heterocycles. The molecule has 5 nitrogen and oxygen atoms in total. The van der Waals surface area contributed by atoms with E-state index in [0.29, 0.717) is 12.6 Å². The van der Waals surface area contributed by atoms with E-state index in [9.17, 15) is 5.11 Å². The van der Waals surface area contributed by atoms with Crippen molar-refractivity contribution in [3.05, 3.63) is 18.0 Å². The number of nitrogens with one attached hydrogen (secondary N) is 1. The van der Waals surface area contributed by atoms with Gasteiger partial charge in [-0.3, -0.25) is 4.68 Å². The molecule has 0 amide bonds. The van der Waals surface area contributed by atoms with Gasteiger partial charge in [-0.2, -0.15) is 5.10 Å². The average Bonchev–Trinajstić information content (AvgIpc) is 3.04. The van der Waals surface area contributed by atoms with Crippen molar-refractivity contribution in [3.63, 3.8) is 0 Å². The standard InChI is InChI=1S/C12H21N3O2/c1-17-8-2-7-15-11(5-6-14-15)12(16)9-13-10-3-4-10/h5-6,10,12-13,16H,2-4,7-9H2,1H3. The lowest BCUT2D eigenvalue weighted by atomic mass is 10.2. The topological polar surface area (TPSA) is 59.3 Å². The second-order valence-electron chi connectivity index (χ2n) is 4.52. The van der Waals surface area contributed by atoms with Gasteiger partial charge in [-0.1, -0.05) is 0 Å². The van der Waals surface area contributed by atoms with Crippen LogP contribution in [0.4, 0.5) is 0 Å². The number of ether oxygens (including phenoxy) is 1. The highest BCUT2D eigenvalue weighted by Gasteiger charge is 2.22. The lowest BCUT2D eigenvalue weighted by molar-refractivity contribution is 0.158. The zero-order valence-corrected chi connectivity index (χ0v) is 10.3. The Morgan fingerprint density at radius 1 is 1.65 bits per heavy atom. The van der Waals surface area contributed by atoms with E-state index in [-0.39, 0.29) is 0 Å². The molecule has 1 unspecified atom stereocenters.